The van der Waals surface area contributed by atoms with Crippen molar-refractivity contribution in [3.8, 4) is 5.75 Å². The van der Waals surface area contributed by atoms with Crippen LogP contribution in [-0.2, 0) is 26.5 Å². The first-order valence-corrected chi connectivity index (χ1v) is 11.3. The van der Waals surface area contributed by atoms with Crippen LogP contribution in [0.2, 0.25) is 0 Å². The van der Waals surface area contributed by atoms with Crippen LogP contribution in [0.3, 0.4) is 0 Å². The molecule has 0 spiro atoms. The Kier molecular flexibility index (Phi) is 4.06. The molecule has 0 radical (unpaired) electrons. The lowest BCUT2D eigenvalue weighted by Crippen LogP contribution is -2.38. The fourth-order valence-electron chi connectivity index (χ4n) is 3.49. The van der Waals surface area contributed by atoms with Gasteiger partial charge >= 0.3 is 0 Å². The van der Waals surface area contributed by atoms with Crippen molar-refractivity contribution in [3.63, 3.8) is 0 Å². The van der Waals surface area contributed by atoms with Crippen molar-refractivity contribution in [1.29, 1.82) is 0 Å². The maximum absolute atomic E-state index is 13.3. The Balaban J connectivity index is 1.78. The Hall–Kier alpha value is -2.36. The minimum absolute atomic E-state index is 0.0261. The van der Waals surface area contributed by atoms with Crippen LogP contribution in [0.15, 0.2) is 52.3 Å². The summed E-state index contributed by atoms with van der Waals surface area (Å²) < 4.78 is 56.7. The Morgan fingerprint density at radius 1 is 1.11 bits per heavy atom. The van der Waals surface area contributed by atoms with Crippen LogP contribution < -0.4 is 14.2 Å². The highest BCUT2D eigenvalue weighted by atomic mass is 32.2. The van der Waals surface area contributed by atoms with Crippen molar-refractivity contribution in [2.24, 2.45) is 5.14 Å². The SMILES string of the molecule is C[C@@H]1Cc2cc(S(N)(=O)=O)ccc2N1S(=O)(=O)C1=Cc2ccccc2OC1. The number of rotatable bonds is 3. The predicted octanol–water partition coefficient (Wildman–Crippen LogP) is 1.85. The zero-order valence-electron chi connectivity index (χ0n) is 14.5. The topological polar surface area (TPSA) is 107 Å². The first kappa shape index (κ1) is 18.0. The maximum atomic E-state index is 13.3. The average Bonchev–Trinajstić information content (AvgIpc) is 2.96. The summed E-state index contributed by atoms with van der Waals surface area (Å²) in [5.74, 6) is 0.643. The highest BCUT2D eigenvalue weighted by Gasteiger charge is 2.38. The lowest BCUT2D eigenvalue weighted by atomic mass is 10.1. The van der Waals surface area contributed by atoms with Crippen molar-refractivity contribution in [1.82, 2.24) is 0 Å². The number of hydrogen-bond acceptors (Lipinski definition) is 5. The second kappa shape index (κ2) is 6.08. The van der Waals surface area contributed by atoms with E-state index in [2.05, 4.69) is 0 Å². The van der Waals surface area contributed by atoms with Gasteiger partial charge in [-0.1, -0.05) is 18.2 Å². The number of hydrogen-bond donors (Lipinski definition) is 1. The summed E-state index contributed by atoms with van der Waals surface area (Å²) in [5.41, 5.74) is 1.81. The molecule has 0 saturated heterocycles. The molecule has 2 aliphatic heterocycles. The summed E-state index contributed by atoms with van der Waals surface area (Å²) in [5, 5.41) is 5.18. The van der Waals surface area contributed by atoms with E-state index in [0.29, 0.717) is 29.0 Å². The molecule has 0 bridgehead atoms. The monoisotopic (exact) mass is 406 g/mol. The van der Waals surface area contributed by atoms with E-state index in [1.807, 2.05) is 12.1 Å². The fourth-order valence-corrected chi connectivity index (χ4v) is 5.78. The molecule has 4 rings (SSSR count). The van der Waals surface area contributed by atoms with Gasteiger partial charge in [0.1, 0.15) is 17.3 Å². The fraction of sp³-hybridized carbons (Fsp3) is 0.222. The molecule has 0 unspecified atom stereocenters. The second-order valence-electron chi connectivity index (χ2n) is 6.63. The number of ether oxygens (including phenoxy) is 1. The predicted molar refractivity (Wildman–Crippen MR) is 102 cm³/mol. The molecule has 2 heterocycles. The highest BCUT2D eigenvalue weighted by Crippen LogP contribution is 2.39. The lowest BCUT2D eigenvalue weighted by molar-refractivity contribution is 0.353. The van der Waals surface area contributed by atoms with E-state index in [0.717, 1.165) is 0 Å². The van der Waals surface area contributed by atoms with Gasteiger partial charge in [0.15, 0.2) is 0 Å². The van der Waals surface area contributed by atoms with Gasteiger partial charge < -0.3 is 4.74 Å². The smallest absolute Gasteiger partial charge is 0.264 e. The van der Waals surface area contributed by atoms with Gasteiger partial charge in [0, 0.05) is 11.6 Å². The number of nitrogens with zero attached hydrogens (tertiary/aromatic N) is 1. The third kappa shape index (κ3) is 3.01. The van der Waals surface area contributed by atoms with Gasteiger partial charge in [-0.2, -0.15) is 0 Å². The summed E-state index contributed by atoms with van der Waals surface area (Å²) >= 11 is 0. The molecular weight excluding hydrogens is 388 g/mol. The lowest BCUT2D eigenvalue weighted by Gasteiger charge is -2.27. The second-order valence-corrected chi connectivity index (χ2v) is 10.1. The standard InChI is InChI=1S/C18H18N2O5S2/c1-12-8-14-10-15(26(19,21)22)6-7-17(14)20(12)27(23,24)16-9-13-4-2-3-5-18(13)25-11-16/h2-7,9-10,12H,8,11H2,1H3,(H2,19,21,22)/t12-/m1/s1. The molecular formula is C18H18N2O5S2. The van der Waals surface area contributed by atoms with Gasteiger partial charge in [0.2, 0.25) is 10.0 Å². The molecule has 9 heteroatoms. The number of nitrogens with two attached hydrogens (primary N) is 1. The summed E-state index contributed by atoms with van der Waals surface area (Å²) in [4.78, 5) is 0.137. The Bertz CT molecular complexity index is 1170. The molecule has 0 aromatic heterocycles. The summed E-state index contributed by atoms with van der Waals surface area (Å²) in [6.07, 6.45) is 2.03. The number of anilines is 1. The molecule has 2 N–H and O–H groups in total. The number of sulfonamides is 2. The van der Waals surface area contributed by atoms with Gasteiger partial charge in [-0.15, -0.1) is 0 Å². The van der Waals surface area contributed by atoms with Gasteiger partial charge in [0.25, 0.3) is 10.0 Å². The zero-order chi connectivity index (χ0) is 19.4. The van der Waals surface area contributed by atoms with E-state index >= 15 is 0 Å². The van der Waals surface area contributed by atoms with Crippen molar-refractivity contribution >= 4 is 31.8 Å². The summed E-state index contributed by atoms with van der Waals surface area (Å²) in [6, 6.07) is 11.1. The van der Waals surface area contributed by atoms with E-state index in [1.165, 1.54) is 22.5 Å². The van der Waals surface area contributed by atoms with E-state index in [4.69, 9.17) is 9.88 Å². The van der Waals surface area contributed by atoms with Crippen LogP contribution in [0.4, 0.5) is 5.69 Å². The van der Waals surface area contributed by atoms with Crippen LogP contribution in [0.1, 0.15) is 18.1 Å². The van der Waals surface area contributed by atoms with Gasteiger partial charge in [-0.3, -0.25) is 4.31 Å². The minimum atomic E-state index is -3.85. The molecule has 0 aliphatic carbocycles. The normalized spacial score (nSPS) is 19.1. The first-order chi connectivity index (χ1) is 12.7. The number of fused-ring (bicyclic) bond motifs is 2. The van der Waals surface area contributed by atoms with E-state index in [9.17, 15) is 16.8 Å². The van der Waals surface area contributed by atoms with Crippen LogP contribution in [-0.4, -0.2) is 29.5 Å². The van der Waals surface area contributed by atoms with Gasteiger partial charge in [0.05, 0.1) is 10.6 Å². The third-order valence-electron chi connectivity index (χ3n) is 4.73. The number of para-hydroxylation sites is 1. The Morgan fingerprint density at radius 3 is 2.59 bits per heavy atom. The van der Waals surface area contributed by atoms with Crippen LogP contribution in [0.25, 0.3) is 6.08 Å². The van der Waals surface area contributed by atoms with Crippen molar-refractivity contribution in [2.75, 3.05) is 10.9 Å². The highest BCUT2D eigenvalue weighted by molar-refractivity contribution is 7.96. The Labute approximate surface area is 158 Å². The zero-order valence-corrected chi connectivity index (χ0v) is 16.1. The average molecular weight is 406 g/mol. The summed E-state index contributed by atoms with van der Waals surface area (Å²) in [7, 11) is -7.67. The molecule has 0 saturated carbocycles. The maximum Gasteiger partial charge on any atom is 0.264 e. The molecule has 7 nitrogen and oxygen atoms in total. The molecule has 0 fully saturated rings. The molecule has 2 aromatic rings. The van der Waals surface area contributed by atoms with Gasteiger partial charge in [-0.25, -0.2) is 22.0 Å². The molecule has 2 aliphatic rings. The van der Waals surface area contributed by atoms with Crippen molar-refractivity contribution in [2.45, 2.75) is 24.3 Å². The van der Waals surface area contributed by atoms with Crippen LogP contribution in [0.5, 0.6) is 5.75 Å². The largest absolute Gasteiger partial charge is 0.487 e. The van der Waals surface area contributed by atoms with Crippen LogP contribution in [0, 0.1) is 0 Å². The first-order valence-electron chi connectivity index (χ1n) is 8.30. The molecule has 0 amide bonds. The van der Waals surface area contributed by atoms with Gasteiger partial charge in [-0.05, 0) is 49.2 Å². The Morgan fingerprint density at radius 2 is 1.85 bits per heavy atom. The van der Waals surface area contributed by atoms with Crippen molar-refractivity contribution in [3.05, 3.63) is 58.5 Å². The third-order valence-corrected chi connectivity index (χ3v) is 7.61. The number of benzene rings is 2. The van der Waals surface area contributed by atoms with E-state index in [1.54, 1.807) is 25.1 Å². The van der Waals surface area contributed by atoms with Crippen molar-refractivity contribution < 1.29 is 21.6 Å². The van der Waals surface area contributed by atoms with E-state index < -0.39 is 20.0 Å². The van der Waals surface area contributed by atoms with Crippen LogP contribution >= 0.6 is 0 Å². The molecule has 2 aromatic carbocycles. The molecule has 142 valence electrons. The molecule has 1 atom stereocenters. The quantitative estimate of drug-likeness (QED) is 0.837. The minimum Gasteiger partial charge on any atom is -0.487 e. The number of primary sulfonamides is 1. The summed E-state index contributed by atoms with van der Waals surface area (Å²) in [6.45, 7) is 1.74. The van der Waals surface area contributed by atoms with E-state index in [-0.39, 0.29) is 22.4 Å². The molecule has 27 heavy (non-hydrogen) atoms.